The number of oxazole rings is 1. The van der Waals surface area contributed by atoms with Gasteiger partial charge in [-0.05, 0) is 24.3 Å². The van der Waals surface area contributed by atoms with Gasteiger partial charge in [0, 0.05) is 5.56 Å². The van der Waals surface area contributed by atoms with Crippen LogP contribution in [0.4, 0.5) is 0 Å². The highest BCUT2D eigenvalue weighted by molar-refractivity contribution is 5.81. The van der Waals surface area contributed by atoms with E-state index in [9.17, 15) is 5.11 Å². The van der Waals surface area contributed by atoms with Gasteiger partial charge in [-0.25, -0.2) is 4.98 Å². The molecule has 16 heavy (non-hydrogen) atoms. The van der Waals surface area contributed by atoms with Crippen LogP contribution in [0.3, 0.4) is 0 Å². The zero-order chi connectivity index (χ0) is 11.0. The Hall–Kier alpha value is -2.29. The molecule has 0 unspecified atom stereocenters. The smallest absolute Gasteiger partial charge is 0.227 e. The number of rotatable bonds is 1. The van der Waals surface area contributed by atoms with Crippen molar-refractivity contribution in [1.82, 2.24) is 4.98 Å². The predicted molar refractivity (Wildman–Crippen MR) is 61.1 cm³/mol. The summed E-state index contributed by atoms with van der Waals surface area (Å²) in [6.07, 6.45) is 0. The van der Waals surface area contributed by atoms with E-state index in [4.69, 9.17) is 4.42 Å². The minimum atomic E-state index is 0.142. The molecular formula is C13H9NO2. The summed E-state index contributed by atoms with van der Waals surface area (Å²) >= 11 is 0. The van der Waals surface area contributed by atoms with E-state index >= 15 is 0 Å². The lowest BCUT2D eigenvalue weighted by atomic mass is 10.2. The summed E-state index contributed by atoms with van der Waals surface area (Å²) in [5, 5.41) is 9.61. The van der Waals surface area contributed by atoms with E-state index in [1.165, 1.54) is 0 Å². The molecule has 0 amide bonds. The largest absolute Gasteiger partial charge is 0.506 e. The van der Waals surface area contributed by atoms with E-state index in [2.05, 4.69) is 4.98 Å². The second-order valence-electron chi connectivity index (χ2n) is 3.51. The first-order valence-electron chi connectivity index (χ1n) is 4.98. The number of benzene rings is 2. The maximum absolute atomic E-state index is 9.61. The summed E-state index contributed by atoms with van der Waals surface area (Å²) in [5.41, 5.74) is 2.00. The number of aromatic nitrogens is 1. The molecule has 0 aliphatic rings. The third kappa shape index (κ3) is 1.34. The van der Waals surface area contributed by atoms with Crippen molar-refractivity contribution in [1.29, 1.82) is 0 Å². The molecule has 0 bridgehead atoms. The van der Waals surface area contributed by atoms with Crippen LogP contribution in [0.1, 0.15) is 0 Å². The summed E-state index contributed by atoms with van der Waals surface area (Å²) in [6, 6.07) is 14.7. The van der Waals surface area contributed by atoms with Gasteiger partial charge in [-0.3, -0.25) is 0 Å². The number of para-hydroxylation sites is 1. The van der Waals surface area contributed by atoms with Crippen molar-refractivity contribution < 1.29 is 9.52 Å². The Bertz CT molecular complexity index is 629. The Morgan fingerprint density at radius 3 is 2.50 bits per heavy atom. The molecule has 0 aliphatic heterocycles. The highest BCUT2D eigenvalue weighted by atomic mass is 16.3. The van der Waals surface area contributed by atoms with E-state index in [0.29, 0.717) is 17.0 Å². The van der Waals surface area contributed by atoms with Gasteiger partial charge >= 0.3 is 0 Å². The van der Waals surface area contributed by atoms with Gasteiger partial charge in [0.15, 0.2) is 11.1 Å². The molecule has 2 aromatic carbocycles. The van der Waals surface area contributed by atoms with Crippen molar-refractivity contribution in [3.05, 3.63) is 48.5 Å². The summed E-state index contributed by atoms with van der Waals surface area (Å²) in [5.74, 6) is 0.667. The first-order valence-corrected chi connectivity index (χ1v) is 4.98. The lowest BCUT2D eigenvalue weighted by molar-refractivity contribution is 0.480. The second kappa shape index (κ2) is 3.38. The van der Waals surface area contributed by atoms with Gasteiger partial charge in [-0.1, -0.05) is 24.3 Å². The fraction of sp³-hybridized carbons (Fsp3) is 0. The topological polar surface area (TPSA) is 46.3 Å². The molecule has 3 heteroatoms. The molecule has 3 nitrogen and oxygen atoms in total. The fourth-order valence-corrected chi connectivity index (χ4v) is 1.64. The first kappa shape index (κ1) is 8.97. The SMILES string of the molecule is Oc1cccc2oc(-c3ccccc3)nc12. The Morgan fingerprint density at radius 1 is 0.938 bits per heavy atom. The van der Waals surface area contributed by atoms with Crippen LogP contribution >= 0.6 is 0 Å². The van der Waals surface area contributed by atoms with Gasteiger partial charge in [-0.2, -0.15) is 0 Å². The third-order valence-electron chi connectivity index (χ3n) is 2.42. The quantitative estimate of drug-likeness (QED) is 0.672. The average Bonchev–Trinajstić information content (AvgIpc) is 2.76. The summed E-state index contributed by atoms with van der Waals surface area (Å²) in [6.45, 7) is 0. The number of phenolic OH excluding ortho intramolecular Hbond substituents is 1. The van der Waals surface area contributed by atoms with Crippen LogP contribution in [0.5, 0.6) is 5.75 Å². The molecule has 78 valence electrons. The normalized spacial score (nSPS) is 10.8. The number of aromatic hydroxyl groups is 1. The van der Waals surface area contributed by atoms with Gasteiger partial charge < -0.3 is 9.52 Å². The van der Waals surface area contributed by atoms with E-state index in [0.717, 1.165) is 5.56 Å². The molecule has 0 atom stereocenters. The van der Waals surface area contributed by atoms with Crippen molar-refractivity contribution in [2.24, 2.45) is 0 Å². The molecule has 1 heterocycles. The van der Waals surface area contributed by atoms with Crippen molar-refractivity contribution in [3.63, 3.8) is 0 Å². The molecule has 1 aromatic heterocycles. The third-order valence-corrected chi connectivity index (χ3v) is 2.42. The predicted octanol–water partition coefficient (Wildman–Crippen LogP) is 3.20. The highest BCUT2D eigenvalue weighted by Crippen LogP contribution is 2.28. The first-order chi connectivity index (χ1) is 7.84. The van der Waals surface area contributed by atoms with Gasteiger partial charge in [0.05, 0.1) is 0 Å². The van der Waals surface area contributed by atoms with Gasteiger partial charge in [0.1, 0.15) is 5.75 Å². The zero-order valence-electron chi connectivity index (χ0n) is 8.42. The van der Waals surface area contributed by atoms with Gasteiger partial charge in [0.25, 0.3) is 0 Å². The monoisotopic (exact) mass is 211 g/mol. The van der Waals surface area contributed by atoms with Crippen LogP contribution < -0.4 is 0 Å². The van der Waals surface area contributed by atoms with Gasteiger partial charge in [-0.15, -0.1) is 0 Å². The molecule has 3 aromatic rings. The van der Waals surface area contributed by atoms with Crippen LogP contribution in [0, 0.1) is 0 Å². The lowest BCUT2D eigenvalue weighted by Gasteiger charge is -1.91. The van der Waals surface area contributed by atoms with E-state index in [-0.39, 0.29) is 5.75 Å². The van der Waals surface area contributed by atoms with Crippen molar-refractivity contribution in [2.45, 2.75) is 0 Å². The minimum Gasteiger partial charge on any atom is -0.506 e. The molecule has 0 saturated carbocycles. The fourth-order valence-electron chi connectivity index (χ4n) is 1.64. The molecule has 0 radical (unpaired) electrons. The number of fused-ring (bicyclic) bond motifs is 1. The number of hydrogen-bond acceptors (Lipinski definition) is 3. The minimum absolute atomic E-state index is 0.142. The summed E-state index contributed by atoms with van der Waals surface area (Å²) < 4.78 is 5.56. The summed E-state index contributed by atoms with van der Waals surface area (Å²) in [7, 11) is 0. The molecule has 0 aliphatic carbocycles. The molecule has 0 spiro atoms. The molecular weight excluding hydrogens is 202 g/mol. The number of nitrogens with zero attached hydrogens (tertiary/aromatic N) is 1. The van der Waals surface area contributed by atoms with E-state index in [1.54, 1.807) is 18.2 Å². The maximum Gasteiger partial charge on any atom is 0.227 e. The van der Waals surface area contributed by atoms with Crippen LogP contribution in [-0.4, -0.2) is 10.1 Å². The van der Waals surface area contributed by atoms with Gasteiger partial charge in [0.2, 0.25) is 5.89 Å². The Morgan fingerprint density at radius 2 is 1.75 bits per heavy atom. The number of phenols is 1. The standard InChI is InChI=1S/C13H9NO2/c15-10-7-4-8-11-12(10)14-13(16-11)9-5-2-1-3-6-9/h1-8,15H. The maximum atomic E-state index is 9.61. The lowest BCUT2D eigenvalue weighted by Crippen LogP contribution is -1.75. The molecule has 3 rings (SSSR count). The van der Waals surface area contributed by atoms with Crippen LogP contribution in [-0.2, 0) is 0 Å². The summed E-state index contributed by atoms with van der Waals surface area (Å²) in [4.78, 5) is 4.27. The molecule has 1 N–H and O–H groups in total. The Labute approximate surface area is 92.0 Å². The molecule has 0 saturated heterocycles. The Balaban J connectivity index is 2.23. The van der Waals surface area contributed by atoms with Crippen LogP contribution in [0.2, 0.25) is 0 Å². The van der Waals surface area contributed by atoms with Crippen LogP contribution in [0.15, 0.2) is 52.9 Å². The zero-order valence-corrected chi connectivity index (χ0v) is 8.42. The average molecular weight is 211 g/mol. The van der Waals surface area contributed by atoms with Crippen molar-refractivity contribution >= 4 is 11.1 Å². The van der Waals surface area contributed by atoms with E-state index in [1.807, 2.05) is 30.3 Å². The Kier molecular flexibility index (Phi) is 1.90. The second-order valence-corrected chi connectivity index (χ2v) is 3.51. The highest BCUT2D eigenvalue weighted by Gasteiger charge is 2.09. The van der Waals surface area contributed by atoms with Crippen molar-refractivity contribution in [2.75, 3.05) is 0 Å². The van der Waals surface area contributed by atoms with E-state index < -0.39 is 0 Å². The molecule has 0 fully saturated rings. The van der Waals surface area contributed by atoms with Crippen LogP contribution in [0.25, 0.3) is 22.6 Å². The number of hydrogen-bond donors (Lipinski definition) is 1. The van der Waals surface area contributed by atoms with Crippen molar-refractivity contribution in [3.8, 4) is 17.2 Å².